The van der Waals surface area contributed by atoms with Crippen LogP contribution in [0.15, 0.2) is 6.33 Å². The van der Waals surface area contributed by atoms with E-state index in [1.54, 1.807) is 6.33 Å². The third-order valence-corrected chi connectivity index (χ3v) is 2.45. The highest BCUT2D eigenvalue weighted by Gasteiger charge is 2.29. The number of nitrogens with one attached hydrogen (secondary N) is 1. The third kappa shape index (κ3) is 1.14. The van der Waals surface area contributed by atoms with Crippen LogP contribution in [0.1, 0.15) is 32.2 Å². The van der Waals surface area contributed by atoms with Crippen LogP contribution in [0.4, 0.5) is 0 Å². The summed E-state index contributed by atoms with van der Waals surface area (Å²) in [5, 5.41) is 0. The molecule has 2 rings (SSSR count). The molecule has 0 unspecified atom stereocenters. The van der Waals surface area contributed by atoms with Crippen molar-refractivity contribution >= 4 is 0 Å². The molecule has 0 atom stereocenters. The molecule has 0 aliphatic carbocycles. The summed E-state index contributed by atoms with van der Waals surface area (Å²) in [5.74, 6) is 0. The van der Waals surface area contributed by atoms with E-state index in [4.69, 9.17) is 0 Å². The lowest BCUT2D eigenvalue weighted by Crippen LogP contribution is -2.37. The SMILES string of the molecule is CC(C)(C)N1Cc2nc[nH]c2C1. The summed E-state index contributed by atoms with van der Waals surface area (Å²) in [5.41, 5.74) is 2.75. The number of imidazole rings is 1. The Labute approximate surface area is 72.8 Å². The predicted octanol–water partition coefficient (Wildman–Crippen LogP) is 1.52. The first-order valence-corrected chi connectivity index (χ1v) is 4.33. The first-order valence-electron chi connectivity index (χ1n) is 4.33. The van der Waals surface area contributed by atoms with Crippen molar-refractivity contribution in [2.24, 2.45) is 0 Å². The Morgan fingerprint density at radius 3 is 2.75 bits per heavy atom. The number of aromatic nitrogens is 2. The predicted molar refractivity (Wildman–Crippen MR) is 47.6 cm³/mol. The molecule has 1 aliphatic heterocycles. The second-order valence-electron chi connectivity index (χ2n) is 4.35. The van der Waals surface area contributed by atoms with Gasteiger partial charge in [-0.15, -0.1) is 0 Å². The Balaban J connectivity index is 2.18. The lowest BCUT2D eigenvalue weighted by molar-refractivity contribution is 0.134. The van der Waals surface area contributed by atoms with Gasteiger partial charge in [-0.3, -0.25) is 4.90 Å². The number of fused-ring (bicyclic) bond motifs is 1. The second kappa shape index (κ2) is 2.33. The molecule has 0 bridgehead atoms. The minimum atomic E-state index is 0.252. The van der Waals surface area contributed by atoms with E-state index in [-0.39, 0.29) is 5.54 Å². The molecular weight excluding hydrogens is 150 g/mol. The third-order valence-electron chi connectivity index (χ3n) is 2.45. The number of hydrogen-bond donors (Lipinski definition) is 1. The van der Waals surface area contributed by atoms with Crippen molar-refractivity contribution in [2.75, 3.05) is 0 Å². The molecule has 12 heavy (non-hydrogen) atoms. The van der Waals surface area contributed by atoms with Crippen LogP contribution in [0.2, 0.25) is 0 Å². The molecule has 0 aromatic carbocycles. The molecule has 66 valence electrons. The van der Waals surface area contributed by atoms with Crippen molar-refractivity contribution in [3.05, 3.63) is 17.7 Å². The fourth-order valence-corrected chi connectivity index (χ4v) is 1.52. The highest BCUT2D eigenvalue weighted by atomic mass is 15.2. The van der Waals surface area contributed by atoms with Crippen LogP contribution in [-0.2, 0) is 13.1 Å². The zero-order valence-electron chi connectivity index (χ0n) is 7.89. The molecule has 3 nitrogen and oxygen atoms in total. The summed E-state index contributed by atoms with van der Waals surface area (Å²) in [4.78, 5) is 9.85. The molecule has 1 aromatic rings. The van der Waals surface area contributed by atoms with Crippen LogP contribution in [0.25, 0.3) is 0 Å². The number of hydrogen-bond acceptors (Lipinski definition) is 2. The molecule has 0 saturated carbocycles. The Hall–Kier alpha value is -0.830. The van der Waals surface area contributed by atoms with Gasteiger partial charge in [0.05, 0.1) is 17.7 Å². The molecule has 1 aromatic heterocycles. The smallest absolute Gasteiger partial charge is 0.0926 e. The maximum atomic E-state index is 4.26. The Morgan fingerprint density at radius 1 is 1.42 bits per heavy atom. The fourth-order valence-electron chi connectivity index (χ4n) is 1.52. The fraction of sp³-hybridized carbons (Fsp3) is 0.667. The van der Waals surface area contributed by atoms with E-state index < -0.39 is 0 Å². The lowest BCUT2D eigenvalue weighted by Gasteiger charge is -2.30. The largest absolute Gasteiger partial charge is 0.347 e. The van der Waals surface area contributed by atoms with Crippen LogP contribution < -0.4 is 0 Å². The van der Waals surface area contributed by atoms with E-state index in [2.05, 4.69) is 35.6 Å². The number of H-pyrrole nitrogens is 1. The minimum absolute atomic E-state index is 0.252. The van der Waals surface area contributed by atoms with Gasteiger partial charge in [0.15, 0.2) is 0 Å². The monoisotopic (exact) mass is 165 g/mol. The topological polar surface area (TPSA) is 31.9 Å². The highest BCUT2D eigenvalue weighted by molar-refractivity contribution is 5.16. The van der Waals surface area contributed by atoms with Crippen molar-refractivity contribution < 1.29 is 0 Å². The van der Waals surface area contributed by atoms with E-state index in [9.17, 15) is 0 Å². The maximum absolute atomic E-state index is 4.26. The van der Waals surface area contributed by atoms with Crippen molar-refractivity contribution in [3.8, 4) is 0 Å². The van der Waals surface area contributed by atoms with Crippen molar-refractivity contribution in [3.63, 3.8) is 0 Å². The highest BCUT2D eigenvalue weighted by Crippen LogP contribution is 2.26. The molecule has 0 fully saturated rings. The molecule has 1 N–H and O–H groups in total. The van der Waals surface area contributed by atoms with Crippen molar-refractivity contribution in [2.45, 2.75) is 39.4 Å². The van der Waals surface area contributed by atoms with Gasteiger partial charge in [0.25, 0.3) is 0 Å². The van der Waals surface area contributed by atoms with Gasteiger partial charge in [0.2, 0.25) is 0 Å². The molecule has 0 saturated heterocycles. The Morgan fingerprint density at radius 2 is 2.17 bits per heavy atom. The van der Waals surface area contributed by atoms with E-state index in [0.717, 1.165) is 13.1 Å². The molecule has 0 spiro atoms. The van der Waals surface area contributed by atoms with Gasteiger partial charge in [-0.2, -0.15) is 0 Å². The average Bonchev–Trinajstić information content (AvgIpc) is 2.37. The average molecular weight is 165 g/mol. The molecule has 2 heterocycles. The van der Waals surface area contributed by atoms with Gasteiger partial charge < -0.3 is 4.98 Å². The van der Waals surface area contributed by atoms with Crippen LogP contribution in [0, 0.1) is 0 Å². The minimum Gasteiger partial charge on any atom is -0.347 e. The summed E-state index contributed by atoms with van der Waals surface area (Å²) in [6, 6.07) is 0. The zero-order valence-corrected chi connectivity index (χ0v) is 7.89. The summed E-state index contributed by atoms with van der Waals surface area (Å²) >= 11 is 0. The van der Waals surface area contributed by atoms with Crippen LogP contribution in [-0.4, -0.2) is 20.4 Å². The van der Waals surface area contributed by atoms with Gasteiger partial charge in [0, 0.05) is 18.6 Å². The zero-order chi connectivity index (χ0) is 8.77. The first kappa shape index (κ1) is 7.80. The van der Waals surface area contributed by atoms with E-state index in [1.165, 1.54) is 11.4 Å². The first-order chi connectivity index (χ1) is 5.57. The number of aromatic amines is 1. The van der Waals surface area contributed by atoms with Gasteiger partial charge in [0.1, 0.15) is 0 Å². The lowest BCUT2D eigenvalue weighted by atomic mass is 10.1. The quantitative estimate of drug-likeness (QED) is 0.632. The van der Waals surface area contributed by atoms with Gasteiger partial charge >= 0.3 is 0 Å². The normalized spacial score (nSPS) is 18.2. The van der Waals surface area contributed by atoms with E-state index >= 15 is 0 Å². The summed E-state index contributed by atoms with van der Waals surface area (Å²) in [6.07, 6.45) is 1.78. The summed E-state index contributed by atoms with van der Waals surface area (Å²) < 4.78 is 0. The Kier molecular flexibility index (Phi) is 1.51. The van der Waals surface area contributed by atoms with Crippen LogP contribution in [0.3, 0.4) is 0 Å². The van der Waals surface area contributed by atoms with Crippen molar-refractivity contribution in [1.29, 1.82) is 0 Å². The molecule has 1 aliphatic rings. The van der Waals surface area contributed by atoms with Crippen LogP contribution in [0.5, 0.6) is 0 Å². The molecule has 0 amide bonds. The number of rotatable bonds is 0. The Bertz CT molecular complexity index is 262. The summed E-state index contributed by atoms with van der Waals surface area (Å²) in [6.45, 7) is 8.71. The van der Waals surface area contributed by atoms with Crippen LogP contribution >= 0.6 is 0 Å². The molecule has 3 heteroatoms. The standard InChI is InChI=1S/C9H15N3/c1-9(2,3)12-4-7-8(5-12)11-6-10-7/h6H,4-5H2,1-3H3,(H,10,11). The van der Waals surface area contributed by atoms with E-state index in [0.29, 0.717) is 0 Å². The number of nitrogens with zero attached hydrogens (tertiary/aromatic N) is 2. The maximum Gasteiger partial charge on any atom is 0.0926 e. The molecular formula is C9H15N3. The van der Waals surface area contributed by atoms with Gasteiger partial charge in [-0.05, 0) is 20.8 Å². The van der Waals surface area contributed by atoms with Gasteiger partial charge in [-0.1, -0.05) is 0 Å². The van der Waals surface area contributed by atoms with E-state index in [1.807, 2.05) is 0 Å². The van der Waals surface area contributed by atoms with Crippen molar-refractivity contribution in [1.82, 2.24) is 14.9 Å². The second-order valence-corrected chi connectivity index (χ2v) is 4.35. The molecule has 0 radical (unpaired) electrons. The van der Waals surface area contributed by atoms with Gasteiger partial charge in [-0.25, -0.2) is 4.98 Å². The summed E-state index contributed by atoms with van der Waals surface area (Å²) in [7, 11) is 0.